The third-order valence-corrected chi connectivity index (χ3v) is 3.97. The number of hydrogen-bond donors (Lipinski definition) is 1. The summed E-state index contributed by atoms with van der Waals surface area (Å²) >= 11 is 0. The minimum Gasteiger partial charge on any atom is -0.554 e. The minimum absolute atomic E-state index is 0.455. The number of imidazole rings is 1. The van der Waals surface area contributed by atoms with Crippen LogP contribution in [-0.4, -0.2) is 11.5 Å². The number of carboxylic acid groups (broad SMARTS) is 1. The lowest BCUT2D eigenvalue weighted by molar-refractivity contribution is -0.726. The largest absolute Gasteiger partial charge is 0.554 e. The van der Waals surface area contributed by atoms with Gasteiger partial charge in [-0.3, -0.25) is 0 Å². The number of aromatic amines is 1. The third kappa shape index (κ3) is 6.73. The van der Waals surface area contributed by atoms with E-state index in [1.54, 1.807) is 0 Å². The SMILES string of the molecule is CCCC(C)[n+]1cc[nH]c1CCC(C)(C)CC.O=C[O-]. The molecule has 0 spiro atoms. The van der Waals surface area contributed by atoms with E-state index in [4.69, 9.17) is 9.90 Å². The van der Waals surface area contributed by atoms with Crippen molar-refractivity contribution in [1.29, 1.82) is 0 Å². The molecule has 0 bridgehead atoms. The maximum Gasteiger partial charge on any atom is 0.254 e. The Bertz CT molecular complexity index is 372. The maximum absolute atomic E-state index is 8.25. The van der Waals surface area contributed by atoms with E-state index in [9.17, 15) is 0 Å². The van der Waals surface area contributed by atoms with Crippen molar-refractivity contribution in [3.05, 3.63) is 18.2 Å². The van der Waals surface area contributed by atoms with Crippen LogP contribution in [0.4, 0.5) is 0 Å². The molecular weight excluding hydrogens is 252 g/mol. The lowest BCUT2D eigenvalue weighted by atomic mass is 9.85. The van der Waals surface area contributed by atoms with E-state index in [0.29, 0.717) is 11.5 Å². The van der Waals surface area contributed by atoms with Gasteiger partial charge in [0.1, 0.15) is 12.4 Å². The molecule has 0 amide bonds. The molecule has 4 heteroatoms. The summed E-state index contributed by atoms with van der Waals surface area (Å²) in [6.45, 7) is 11.1. The van der Waals surface area contributed by atoms with Crippen molar-refractivity contribution in [3.63, 3.8) is 0 Å². The van der Waals surface area contributed by atoms with Gasteiger partial charge >= 0.3 is 0 Å². The summed E-state index contributed by atoms with van der Waals surface area (Å²) in [6, 6.07) is 0.617. The molecule has 0 radical (unpaired) electrons. The van der Waals surface area contributed by atoms with Crippen molar-refractivity contribution in [2.24, 2.45) is 5.41 Å². The summed E-state index contributed by atoms with van der Waals surface area (Å²) in [7, 11) is 0. The van der Waals surface area contributed by atoms with Gasteiger partial charge in [0, 0.05) is 12.9 Å². The topological polar surface area (TPSA) is 59.8 Å². The third-order valence-electron chi connectivity index (χ3n) is 3.97. The lowest BCUT2D eigenvalue weighted by Gasteiger charge is -2.21. The van der Waals surface area contributed by atoms with Gasteiger partial charge in [0.2, 0.25) is 0 Å². The Morgan fingerprint density at radius 2 is 2.05 bits per heavy atom. The first kappa shape index (κ1) is 18.7. The molecule has 1 aromatic rings. The summed E-state index contributed by atoms with van der Waals surface area (Å²) in [5.74, 6) is 1.38. The zero-order valence-corrected chi connectivity index (χ0v) is 13.6. The maximum atomic E-state index is 8.25. The van der Waals surface area contributed by atoms with E-state index in [1.807, 2.05) is 0 Å². The van der Waals surface area contributed by atoms with Crippen LogP contribution in [0.1, 0.15) is 72.2 Å². The molecule has 20 heavy (non-hydrogen) atoms. The first-order valence-electron chi connectivity index (χ1n) is 7.54. The number of rotatable bonds is 7. The van der Waals surface area contributed by atoms with Crippen molar-refractivity contribution in [3.8, 4) is 0 Å². The van der Waals surface area contributed by atoms with E-state index >= 15 is 0 Å². The van der Waals surface area contributed by atoms with Crippen LogP contribution in [0.25, 0.3) is 0 Å². The second kappa shape index (κ2) is 9.56. The molecule has 1 N–H and O–H groups in total. The van der Waals surface area contributed by atoms with Gasteiger partial charge in [-0.15, -0.1) is 0 Å². The predicted molar refractivity (Wildman–Crippen MR) is 79.1 cm³/mol. The van der Waals surface area contributed by atoms with Crippen molar-refractivity contribution in [2.45, 2.75) is 72.8 Å². The highest BCUT2D eigenvalue weighted by atomic mass is 16.3. The fraction of sp³-hybridized carbons (Fsp3) is 0.750. The van der Waals surface area contributed by atoms with E-state index < -0.39 is 6.47 Å². The Labute approximate surface area is 123 Å². The van der Waals surface area contributed by atoms with Gasteiger partial charge in [-0.05, 0) is 25.2 Å². The van der Waals surface area contributed by atoms with Crippen molar-refractivity contribution >= 4 is 6.47 Å². The zero-order valence-electron chi connectivity index (χ0n) is 13.6. The zero-order chi connectivity index (χ0) is 15.6. The van der Waals surface area contributed by atoms with Gasteiger partial charge in [-0.1, -0.05) is 40.5 Å². The Hall–Kier alpha value is -1.32. The molecular formula is C16H30N2O2. The molecule has 0 aromatic carbocycles. The number of nitrogens with one attached hydrogen (secondary N) is 1. The molecule has 0 saturated carbocycles. The van der Waals surface area contributed by atoms with Crippen molar-refractivity contribution in [1.82, 2.24) is 4.98 Å². The first-order valence-corrected chi connectivity index (χ1v) is 7.54. The van der Waals surface area contributed by atoms with Gasteiger partial charge in [-0.25, -0.2) is 9.55 Å². The molecule has 1 atom stereocenters. The summed E-state index contributed by atoms with van der Waals surface area (Å²) in [4.78, 5) is 11.7. The monoisotopic (exact) mass is 282 g/mol. The van der Waals surface area contributed by atoms with Crippen molar-refractivity contribution in [2.75, 3.05) is 0 Å². The molecule has 0 aliphatic rings. The highest BCUT2D eigenvalue weighted by Crippen LogP contribution is 2.25. The average molecular weight is 282 g/mol. The quantitative estimate of drug-likeness (QED) is 0.616. The summed E-state index contributed by atoms with van der Waals surface area (Å²) < 4.78 is 2.41. The second-order valence-electron chi connectivity index (χ2n) is 6.07. The molecule has 1 aromatic heterocycles. The molecule has 0 aliphatic heterocycles. The molecule has 116 valence electrons. The van der Waals surface area contributed by atoms with Crippen molar-refractivity contribution < 1.29 is 14.5 Å². The van der Waals surface area contributed by atoms with E-state index in [0.717, 1.165) is 6.42 Å². The fourth-order valence-electron chi connectivity index (χ4n) is 2.18. The van der Waals surface area contributed by atoms with E-state index in [-0.39, 0.29) is 0 Å². The number of aromatic nitrogens is 2. The van der Waals surface area contributed by atoms with Gasteiger partial charge in [-0.2, -0.15) is 0 Å². The Balaban J connectivity index is 0.00000110. The fourth-order valence-corrected chi connectivity index (χ4v) is 2.18. The van der Waals surface area contributed by atoms with Crippen LogP contribution in [0.15, 0.2) is 12.4 Å². The minimum atomic E-state index is -0.500. The number of carbonyl (C=O) groups excluding carboxylic acids is 1. The highest BCUT2D eigenvalue weighted by molar-refractivity contribution is 5.29. The molecule has 0 aliphatic carbocycles. The number of nitrogens with zero attached hydrogens (tertiary/aromatic N) is 1. The van der Waals surface area contributed by atoms with Crippen LogP contribution in [0, 0.1) is 5.41 Å². The normalized spacial score (nSPS) is 12.4. The van der Waals surface area contributed by atoms with Crippen LogP contribution >= 0.6 is 0 Å². The first-order chi connectivity index (χ1) is 9.41. The number of aryl methyl sites for hydroxylation is 1. The lowest BCUT2D eigenvalue weighted by Crippen LogP contribution is -2.40. The van der Waals surface area contributed by atoms with Crippen LogP contribution in [0.2, 0.25) is 0 Å². The molecule has 0 saturated heterocycles. The van der Waals surface area contributed by atoms with Gasteiger partial charge < -0.3 is 9.90 Å². The number of carbonyl (C=O) groups is 1. The second-order valence-corrected chi connectivity index (χ2v) is 6.07. The van der Waals surface area contributed by atoms with Gasteiger partial charge in [0.25, 0.3) is 5.82 Å². The average Bonchev–Trinajstić information content (AvgIpc) is 2.86. The summed E-state index contributed by atoms with van der Waals surface area (Å²) in [5.41, 5.74) is 0.455. The standard InChI is InChI=1S/C15H28N2.CH2O2/c1-6-8-13(3)17-12-11-16-14(17)9-10-15(4,5)7-2;2-1-3/h11-13H,6-10H2,1-5H3;1H,(H,2,3). The van der Waals surface area contributed by atoms with Gasteiger partial charge in [0.15, 0.2) is 0 Å². The van der Waals surface area contributed by atoms with Crippen LogP contribution in [0.5, 0.6) is 0 Å². The summed E-state index contributed by atoms with van der Waals surface area (Å²) in [6.07, 6.45) is 10.4. The molecule has 1 heterocycles. The smallest absolute Gasteiger partial charge is 0.254 e. The molecule has 1 rings (SSSR count). The number of H-pyrrole nitrogens is 1. The number of hydrogen-bond acceptors (Lipinski definition) is 2. The van der Waals surface area contributed by atoms with Crippen LogP contribution in [0.3, 0.4) is 0 Å². The molecule has 4 nitrogen and oxygen atoms in total. The Morgan fingerprint density at radius 1 is 1.45 bits per heavy atom. The van der Waals surface area contributed by atoms with E-state index in [1.165, 1.54) is 31.5 Å². The van der Waals surface area contributed by atoms with E-state index in [2.05, 4.69) is 56.6 Å². The summed E-state index contributed by atoms with van der Waals surface area (Å²) in [5, 5.41) is 8.25. The molecule has 1 unspecified atom stereocenters. The van der Waals surface area contributed by atoms with Crippen LogP contribution in [-0.2, 0) is 11.2 Å². The van der Waals surface area contributed by atoms with Crippen LogP contribution < -0.4 is 9.67 Å². The molecule has 0 fully saturated rings. The Morgan fingerprint density at radius 3 is 2.55 bits per heavy atom. The van der Waals surface area contributed by atoms with Gasteiger partial charge in [0.05, 0.1) is 6.04 Å². The Kier molecular flexibility index (Phi) is 8.93. The predicted octanol–water partition coefficient (Wildman–Crippen LogP) is 2.40. The highest BCUT2D eigenvalue weighted by Gasteiger charge is 2.21.